The van der Waals surface area contributed by atoms with Gasteiger partial charge in [0.1, 0.15) is 11.6 Å². The Kier molecular flexibility index (Phi) is 2.97. The summed E-state index contributed by atoms with van der Waals surface area (Å²) in [5.74, 6) is 2.13. The number of nitrogens with zero attached hydrogens (tertiary/aromatic N) is 2. The lowest BCUT2D eigenvalue weighted by molar-refractivity contribution is 0.476. The van der Waals surface area contributed by atoms with Crippen LogP contribution < -0.4 is 4.74 Å². The molecule has 0 aliphatic carbocycles. The van der Waals surface area contributed by atoms with Gasteiger partial charge < -0.3 is 4.74 Å². The normalized spacial score (nSPS) is 10.0. The van der Waals surface area contributed by atoms with Gasteiger partial charge in [0.15, 0.2) is 5.75 Å². The number of hydrogen-bond acceptors (Lipinski definition) is 3. The molecule has 1 aromatic carbocycles. The molecule has 0 spiro atoms. The summed E-state index contributed by atoms with van der Waals surface area (Å²) in [6.45, 7) is 1.84. The molecular weight excluding hydrogens is 256 g/mol. The minimum Gasteiger partial charge on any atom is -0.454 e. The predicted molar refractivity (Wildman–Crippen MR) is 61.0 cm³/mol. The predicted octanol–water partition coefficient (Wildman–Crippen LogP) is 3.34. The van der Waals surface area contributed by atoms with E-state index in [-0.39, 0.29) is 0 Å². The van der Waals surface area contributed by atoms with Crippen molar-refractivity contribution in [3.8, 4) is 11.5 Å². The molecule has 0 unspecified atom stereocenters. The van der Waals surface area contributed by atoms with E-state index in [1.54, 1.807) is 12.4 Å². The highest BCUT2D eigenvalue weighted by Gasteiger charge is 1.98. The maximum absolute atomic E-state index is 5.56. The van der Waals surface area contributed by atoms with E-state index in [9.17, 15) is 0 Å². The first-order valence-electron chi connectivity index (χ1n) is 4.46. The lowest BCUT2D eigenvalue weighted by Crippen LogP contribution is -1.89. The summed E-state index contributed by atoms with van der Waals surface area (Å²) >= 11 is 3.38. The molecule has 0 N–H and O–H groups in total. The molecule has 15 heavy (non-hydrogen) atoms. The van der Waals surface area contributed by atoms with Gasteiger partial charge in [-0.2, -0.15) is 0 Å². The largest absolute Gasteiger partial charge is 0.454 e. The topological polar surface area (TPSA) is 35.0 Å². The molecule has 2 aromatic rings. The van der Waals surface area contributed by atoms with E-state index in [0.717, 1.165) is 16.0 Å². The minimum absolute atomic E-state index is 0.638. The van der Waals surface area contributed by atoms with Crippen molar-refractivity contribution in [3.63, 3.8) is 0 Å². The van der Waals surface area contributed by atoms with E-state index in [1.165, 1.54) is 0 Å². The molecule has 0 aliphatic heterocycles. The molecule has 1 heterocycles. The summed E-state index contributed by atoms with van der Waals surface area (Å²) in [7, 11) is 0. The van der Waals surface area contributed by atoms with Crippen LogP contribution in [-0.2, 0) is 0 Å². The molecule has 2 rings (SSSR count). The van der Waals surface area contributed by atoms with Crippen LogP contribution >= 0.6 is 15.9 Å². The quantitative estimate of drug-likeness (QED) is 0.835. The minimum atomic E-state index is 0.638. The highest BCUT2D eigenvalue weighted by atomic mass is 79.9. The molecule has 4 heteroatoms. The summed E-state index contributed by atoms with van der Waals surface area (Å²) in [5, 5.41) is 0. The Bertz CT molecular complexity index is 456. The van der Waals surface area contributed by atoms with Crippen LogP contribution in [0, 0.1) is 6.92 Å². The Morgan fingerprint density at radius 3 is 2.53 bits per heavy atom. The highest BCUT2D eigenvalue weighted by molar-refractivity contribution is 9.10. The fourth-order valence-electron chi connectivity index (χ4n) is 1.10. The number of benzene rings is 1. The third kappa shape index (κ3) is 2.76. The van der Waals surface area contributed by atoms with Gasteiger partial charge in [0.2, 0.25) is 0 Å². The zero-order valence-electron chi connectivity index (χ0n) is 8.14. The van der Waals surface area contributed by atoms with E-state index in [1.807, 2.05) is 31.2 Å². The second kappa shape index (κ2) is 4.40. The van der Waals surface area contributed by atoms with Crippen LogP contribution in [0.15, 0.2) is 41.1 Å². The van der Waals surface area contributed by atoms with Crippen molar-refractivity contribution in [3.05, 3.63) is 47.0 Å². The van der Waals surface area contributed by atoms with E-state index < -0.39 is 0 Å². The average molecular weight is 265 g/mol. The van der Waals surface area contributed by atoms with Gasteiger partial charge in [0.05, 0.1) is 12.4 Å². The molecule has 76 valence electrons. The zero-order chi connectivity index (χ0) is 10.7. The van der Waals surface area contributed by atoms with Crippen molar-refractivity contribution in [2.45, 2.75) is 6.92 Å². The van der Waals surface area contributed by atoms with Gasteiger partial charge in [-0.1, -0.05) is 22.0 Å². The number of ether oxygens (including phenoxy) is 1. The molecule has 0 amide bonds. The molecule has 1 aromatic heterocycles. The standard InChI is InChI=1S/C11H9BrN2O/c1-8-13-6-11(7-14-8)15-10-4-2-3-9(12)5-10/h2-7H,1H3. The third-order valence-corrected chi connectivity index (χ3v) is 2.28. The zero-order valence-corrected chi connectivity index (χ0v) is 9.73. The number of halogens is 1. The van der Waals surface area contributed by atoms with E-state index in [4.69, 9.17) is 4.74 Å². The molecule has 0 bridgehead atoms. The Balaban J connectivity index is 2.18. The monoisotopic (exact) mass is 264 g/mol. The molecular formula is C11H9BrN2O. The van der Waals surface area contributed by atoms with Gasteiger partial charge in [-0.25, -0.2) is 9.97 Å². The number of hydrogen-bond donors (Lipinski definition) is 0. The van der Waals surface area contributed by atoms with Crippen molar-refractivity contribution in [1.29, 1.82) is 0 Å². The van der Waals surface area contributed by atoms with Crippen molar-refractivity contribution in [2.24, 2.45) is 0 Å². The van der Waals surface area contributed by atoms with E-state index in [2.05, 4.69) is 25.9 Å². The Hall–Kier alpha value is -1.42. The summed E-state index contributed by atoms with van der Waals surface area (Å²) in [4.78, 5) is 8.10. The van der Waals surface area contributed by atoms with Gasteiger partial charge in [-0.3, -0.25) is 0 Å². The smallest absolute Gasteiger partial charge is 0.164 e. The SMILES string of the molecule is Cc1ncc(Oc2cccc(Br)c2)cn1. The van der Waals surface area contributed by atoms with E-state index >= 15 is 0 Å². The lowest BCUT2D eigenvalue weighted by atomic mass is 10.3. The Morgan fingerprint density at radius 2 is 1.87 bits per heavy atom. The van der Waals surface area contributed by atoms with Gasteiger partial charge >= 0.3 is 0 Å². The first-order chi connectivity index (χ1) is 7.24. The fraction of sp³-hybridized carbons (Fsp3) is 0.0909. The summed E-state index contributed by atoms with van der Waals surface area (Å²) < 4.78 is 6.54. The van der Waals surface area contributed by atoms with Gasteiger partial charge in [0.25, 0.3) is 0 Å². The van der Waals surface area contributed by atoms with Crippen LogP contribution in [0.1, 0.15) is 5.82 Å². The van der Waals surface area contributed by atoms with Crippen LogP contribution in [0.4, 0.5) is 0 Å². The van der Waals surface area contributed by atoms with Crippen molar-refractivity contribution >= 4 is 15.9 Å². The molecule has 0 fully saturated rings. The highest BCUT2D eigenvalue weighted by Crippen LogP contribution is 2.22. The lowest BCUT2D eigenvalue weighted by Gasteiger charge is -2.04. The van der Waals surface area contributed by atoms with Gasteiger partial charge in [-0.15, -0.1) is 0 Å². The van der Waals surface area contributed by atoms with Crippen LogP contribution in [0.2, 0.25) is 0 Å². The first kappa shape index (κ1) is 10.1. The second-order valence-electron chi connectivity index (χ2n) is 3.03. The molecule has 3 nitrogen and oxygen atoms in total. The Morgan fingerprint density at radius 1 is 1.13 bits per heavy atom. The first-order valence-corrected chi connectivity index (χ1v) is 5.25. The molecule has 0 saturated heterocycles. The number of rotatable bonds is 2. The fourth-order valence-corrected chi connectivity index (χ4v) is 1.48. The number of aromatic nitrogens is 2. The molecule has 0 radical (unpaired) electrons. The van der Waals surface area contributed by atoms with Gasteiger partial charge in [-0.05, 0) is 25.1 Å². The maximum Gasteiger partial charge on any atom is 0.164 e. The summed E-state index contributed by atoms with van der Waals surface area (Å²) in [5.41, 5.74) is 0. The number of aryl methyl sites for hydroxylation is 1. The van der Waals surface area contributed by atoms with Gasteiger partial charge in [0, 0.05) is 4.47 Å². The van der Waals surface area contributed by atoms with Crippen LogP contribution in [-0.4, -0.2) is 9.97 Å². The molecule has 0 atom stereocenters. The molecule has 0 aliphatic rings. The Labute approximate surface area is 96.3 Å². The third-order valence-electron chi connectivity index (χ3n) is 1.79. The van der Waals surface area contributed by atoms with E-state index in [0.29, 0.717) is 5.75 Å². The summed E-state index contributed by atoms with van der Waals surface area (Å²) in [6.07, 6.45) is 3.31. The summed E-state index contributed by atoms with van der Waals surface area (Å²) in [6, 6.07) is 7.62. The average Bonchev–Trinajstić information content (AvgIpc) is 2.22. The van der Waals surface area contributed by atoms with Crippen molar-refractivity contribution in [1.82, 2.24) is 9.97 Å². The van der Waals surface area contributed by atoms with Crippen molar-refractivity contribution < 1.29 is 4.74 Å². The van der Waals surface area contributed by atoms with Crippen molar-refractivity contribution in [2.75, 3.05) is 0 Å². The van der Waals surface area contributed by atoms with Crippen LogP contribution in [0.25, 0.3) is 0 Å². The molecule has 0 saturated carbocycles. The second-order valence-corrected chi connectivity index (χ2v) is 3.94. The maximum atomic E-state index is 5.56. The van der Waals surface area contributed by atoms with Crippen LogP contribution in [0.5, 0.6) is 11.5 Å². The van der Waals surface area contributed by atoms with Crippen LogP contribution in [0.3, 0.4) is 0 Å².